The quantitative estimate of drug-likeness (QED) is 0.430. The average Bonchev–Trinajstić information content (AvgIpc) is 2.18. The molecule has 2 amide bonds. The molecule has 0 unspecified atom stereocenters. The van der Waals surface area contributed by atoms with E-state index < -0.39 is 10.8 Å². The van der Waals surface area contributed by atoms with Crippen LogP contribution in [0.1, 0.15) is 10.4 Å². The van der Waals surface area contributed by atoms with Crippen LogP contribution in [0.25, 0.3) is 0 Å². The van der Waals surface area contributed by atoms with Crippen LogP contribution in [0, 0.1) is 10.1 Å². The van der Waals surface area contributed by atoms with E-state index in [9.17, 15) is 19.7 Å². The molecule has 1 aromatic rings. The van der Waals surface area contributed by atoms with Gasteiger partial charge in [-0.05, 0) is 6.07 Å². The van der Waals surface area contributed by atoms with Crippen LogP contribution in [0.2, 0.25) is 0 Å². The summed E-state index contributed by atoms with van der Waals surface area (Å²) in [4.78, 5) is 30.9. The first-order chi connectivity index (χ1) is 6.66. The van der Waals surface area contributed by atoms with E-state index in [-0.39, 0.29) is 17.7 Å². The second-order valence-electron chi connectivity index (χ2n) is 2.37. The summed E-state index contributed by atoms with van der Waals surface area (Å²) in [5.41, 5.74) is -0.462. The number of carbonyl (C=O) groups excluding carboxylic acids is 2. The van der Waals surface area contributed by atoms with E-state index in [1.165, 1.54) is 24.3 Å². The third-order valence-electron chi connectivity index (χ3n) is 1.54. The predicted molar refractivity (Wildman–Crippen MR) is 46.6 cm³/mol. The zero-order chi connectivity index (χ0) is 10.6. The van der Waals surface area contributed by atoms with Gasteiger partial charge >= 0.3 is 0 Å². The molecule has 1 aromatic carbocycles. The van der Waals surface area contributed by atoms with Gasteiger partial charge in [-0.15, -0.1) is 0 Å². The molecule has 0 aliphatic rings. The predicted octanol–water partition coefficient (Wildman–Crippen LogP) is 0.481. The monoisotopic (exact) mass is 194 g/mol. The van der Waals surface area contributed by atoms with Crippen molar-refractivity contribution in [3.05, 3.63) is 39.9 Å². The van der Waals surface area contributed by atoms with Crippen molar-refractivity contribution in [1.29, 1.82) is 0 Å². The average molecular weight is 194 g/mol. The largest absolute Gasteiger partial charge is 0.295 e. The van der Waals surface area contributed by atoms with E-state index in [1.54, 1.807) is 0 Å². The van der Waals surface area contributed by atoms with Crippen LogP contribution in [-0.2, 0) is 4.79 Å². The van der Waals surface area contributed by atoms with E-state index in [2.05, 4.69) is 0 Å². The highest BCUT2D eigenvalue weighted by molar-refractivity contribution is 6.02. The summed E-state index contributed by atoms with van der Waals surface area (Å²) in [6, 6.07) is 5.39. The van der Waals surface area contributed by atoms with Crippen LogP contribution in [0.5, 0.6) is 0 Å². The lowest BCUT2D eigenvalue weighted by atomic mass is 10.2. The maximum absolute atomic E-state index is 11.1. The molecule has 0 saturated heterocycles. The lowest BCUT2D eigenvalue weighted by Gasteiger charge is -1.99. The van der Waals surface area contributed by atoms with E-state index in [0.29, 0.717) is 0 Å². The number of amides is 2. The number of nitrogens with one attached hydrogen (secondary N) is 1. The van der Waals surface area contributed by atoms with Gasteiger partial charge < -0.3 is 0 Å². The summed E-state index contributed by atoms with van der Waals surface area (Å²) < 4.78 is 0. The summed E-state index contributed by atoms with van der Waals surface area (Å²) >= 11 is 0. The molecule has 6 heteroatoms. The van der Waals surface area contributed by atoms with Crippen molar-refractivity contribution in [1.82, 2.24) is 5.32 Å². The summed E-state index contributed by atoms with van der Waals surface area (Å²) in [5, 5.41) is 12.3. The Morgan fingerprint density at radius 3 is 2.64 bits per heavy atom. The van der Waals surface area contributed by atoms with Crippen LogP contribution >= 0.6 is 0 Å². The Balaban J connectivity index is 3.12. The second-order valence-corrected chi connectivity index (χ2v) is 2.37. The molecule has 0 bridgehead atoms. The highest BCUT2D eigenvalue weighted by atomic mass is 16.6. The fourth-order valence-electron chi connectivity index (χ4n) is 0.956. The van der Waals surface area contributed by atoms with Gasteiger partial charge in [-0.3, -0.25) is 25.0 Å². The van der Waals surface area contributed by atoms with Gasteiger partial charge in [0.05, 0.1) is 4.92 Å². The van der Waals surface area contributed by atoms with Gasteiger partial charge in [0, 0.05) is 6.07 Å². The first-order valence-corrected chi connectivity index (χ1v) is 3.64. The number of nitro groups is 1. The maximum Gasteiger partial charge on any atom is 0.282 e. The second kappa shape index (κ2) is 4.13. The Hall–Kier alpha value is -2.24. The molecule has 0 fully saturated rings. The Morgan fingerprint density at radius 1 is 1.43 bits per heavy atom. The number of para-hydroxylation sites is 1. The number of imide groups is 1. The summed E-state index contributed by atoms with van der Waals surface area (Å²) in [6.07, 6.45) is 0.180. The molecular weight excluding hydrogens is 188 g/mol. The molecule has 0 heterocycles. The Kier molecular flexibility index (Phi) is 2.90. The SMILES string of the molecule is O=CNC(=O)c1ccccc1[N+](=O)[O-]. The molecule has 14 heavy (non-hydrogen) atoms. The number of hydrogen-bond donors (Lipinski definition) is 1. The normalized spacial score (nSPS) is 9.14. The Bertz CT molecular complexity index is 389. The topological polar surface area (TPSA) is 89.3 Å². The van der Waals surface area contributed by atoms with Crippen molar-refractivity contribution < 1.29 is 14.5 Å². The standard InChI is InChI=1S/C8H6N2O4/c11-5-9-8(12)6-3-1-2-4-7(6)10(13)14/h1-5H,(H,9,11,12). The zero-order valence-corrected chi connectivity index (χ0v) is 6.97. The van der Waals surface area contributed by atoms with Crippen LogP contribution < -0.4 is 5.32 Å². The first-order valence-electron chi connectivity index (χ1n) is 3.64. The summed E-state index contributed by atoms with van der Waals surface area (Å²) in [6.45, 7) is 0. The minimum Gasteiger partial charge on any atom is -0.295 e. The molecule has 0 aliphatic carbocycles. The number of nitro benzene ring substituents is 1. The van der Waals surface area contributed by atoms with Gasteiger partial charge in [0.1, 0.15) is 5.56 Å². The third kappa shape index (κ3) is 1.92. The van der Waals surface area contributed by atoms with Crippen LogP contribution in [0.15, 0.2) is 24.3 Å². The molecule has 0 saturated carbocycles. The highest BCUT2D eigenvalue weighted by Crippen LogP contribution is 2.16. The van der Waals surface area contributed by atoms with Crippen LogP contribution in [0.3, 0.4) is 0 Å². The molecule has 1 rings (SSSR count). The minimum atomic E-state index is -0.785. The molecule has 0 radical (unpaired) electrons. The fraction of sp³-hybridized carbons (Fsp3) is 0. The van der Waals surface area contributed by atoms with E-state index >= 15 is 0 Å². The molecule has 6 nitrogen and oxygen atoms in total. The van der Waals surface area contributed by atoms with Crippen molar-refractivity contribution >= 4 is 18.0 Å². The van der Waals surface area contributed by atoms with Gasteiger partial charge in [-0.25, -0.2) is 0 Å². The van der Waals surface area contributed by atoms with Gasteiger partial charge in [0.25, 0.3) is 11.6 Å². The number of benzene rings is 1. The molecule has 0 atom stereocenters. The van der Waals surface area contributed by atoms with Gasteiger partial charge in [0.2, 0.25) is 6.41 Å². The molecule has 0 spiro atoms. The maximum atomic E-state index is 11.1. The molecule has 72 valence electrons. The number of nitrogens with zero attached hydrogens (tertiary/aromatic N) is 1. The van der Waals surface area contributed by atoms with Gasteiger partial charge in [-0.2, -0.15) is 0 Å². The molecule has 1 N–H and O–H groups in total. The lowest BCUT2D eigenvalue weighted by Crippen LogP contribution is -2.22. The first kappa shape index (κ1) is 9.85. The van der Waals surface area contributed by atoms with E-state index in [0.717, 1.165) is 0 Å². The number of hydrogen-bond acceptors (Lipinski definition) is 4. The smallest absolute Gasteiger partial charge is 0.282 e. The minimum absolute atomic E-state index is 0.135. The Morgan fingerprint density at radius 2 is 2.07 bits per heavy atom. The molecule has 0 aromatic heterocycles. The number of carbonyl (C=O) groups is 2. The van der Waals surface area contributed by atoms with Crippen molar-refractivity contribution in [2.45, 2.75) is 0 Å². The van der Waals surface area contributed by atoms with Gasteiger partial charge in [-0.1, -0.05) is 12.1 Å². The van der Waals surface area contributed by atoms with Crippen molar-refractivity contribution in [3.8, 4) is 0 Å². The van der Waals surface area contributed by atoms with Crippen molar-refractivity contribution in [2.24, 2.45) is 0 Å². The van der Waals surface area contributed by atoms with Gasteiger partial charge in [0.15, 0.2) is 0 Å². The highest BCUT2D eigenvalue weighted by Gasteiger charge is 2.18. The summed E-state index contributed by atoms with van der Waals surface area (Å²) in [5.74, 6) is -0.785. The fourth-order valence-corrected chi connectivity index (χ4v) is 0.956. The molecular formula is C8H6N2O4. The Labute approximate surface area is 78.7 Å². The number of rotatable bonds is 3. The lowest BCUT2D eigenvalue weighted by molar-refractivity contribution is -0.385. The molecule has 0 aliphatic heterocycles. The zero-order valence-electron chi connectivity index (χ0n) is 6.97. The van der Waals surface area contributed by atoms with Crippen LogP contribution in [0.4, 0.5) is 5.69 Å². The summed E-state index contributed by atoms with van der Waals surface area (Å²) in [7, 11) is 0. The van der Waals surface area contributed by atoms with E-state index in [4.69, 9.17) is 0 Å². The van der Waals surface area contributed by atoms with E-state index in [1.807, 2.05) is 5.32 Å². The third-order valence-corrected chi connectivity index (χ3v) is 1.54. The van der Waals surface area contributed by atoms with Crippen molar-refractivity contribution in [2.75, 3.05) is 0 Å². The van der Waals surface area contributed by atoms with Crippen LogP contribution in [-0.4, -0.2) is 17.2 Å². The van der Waals surface area contributed by atoms with Crippen molar-refractivity contribution in [3.63, 3.8) is 0 Å².